The lowest BCUT2D eigenvalue weighted by Crippen LogP contribution is -2.55. The average Bonchev–Trinajstić information content (AvgIpc) is 2.77. The second-order valence-corrected chi connectivity index (χ2v) is 3.83. The highest BCUT2D eigenvalue weighted by Gasteiger charge is 2.42. The first kappa shape index (κ1) is 11.3. The second kappa shape index (κ2) is 4.14. The van der Waals surface area contributed by atoms with Gasteiger partial charge in [-0.3, -0.25) is 11.2 Å². The standard InChI is InChI=1S/C10H11N9/c11-9-17-10(12,7-1-3-13-5-15-7)19(18-9)8-2-4-14-6-16-8/h1-6H,12H2,(H3,11,17,18). The molecule has 9 heteroatoms. The number of nitrogens with zero attached hydrogens (tertiary/aromatic N) is 6. The van der Waals surface area contributed by atoms with Crippen LogP contribution in [0.3, 0.4) is 0 Å². The van der Waals surface area contributed by atoms with Crippen molar-refractivity contribution in [1.82, 2.24) is 25.4 Å². The molecule has 0 bridgehead atoms. The van der Waals surface area contributed by atoms with Crippen LogP contribution in [-0.4, -0.2) is 25.9 Å². The van der Waals surface area contributed by atoms with Gasteiger partial charge in [0.15, 0.2) is 5.82 Å². The van der Waals surface area contributed by atoms with E-state index in [0.29, 0.717) is 11.5 Å². The monoisotopic (exact) mass is 257 g/mol. The largest absolute Gasteiger partial charge is 0.368 e. The predicted molar refractivity (Wildman–Crippen MR) is 67.2 cm³/mol. The third-order valence-electron chi connectivity index (χ3n) is 2.61. The van der Waals surface area contributed by atoms with Crippen LogP contribution in [0.5, 0.6) is 0 Å². The first-order valence-corrected chi connectivity index (χ1v) is 5.44. The van der Waals surface area contributed by atoms with E-state index in [1.807, 2.05) is 0 Å². The average molecular weight is 257 g/mol. The molecule has 0 spiro atoms. The Balaban J connectivity index is 2.07. The van der Waals surface area contributed by atoms with Crippen molar-refractivity contribution >= 4 is 11.8 Å². The van der Waals surface area contributed by atoms with Crippen molar-refractivity contribution in [3.05, 3.63) is 42.9 Å². The quantitative estimate of drug-likeness (QED) is 0.603. The lowest BCUT2D eigenvalue weighted by Gasteiger charge is -2.31. The fourth-order valence-electron chi connectivity index (χ4n) is 1.79. The minimum atomic E-state index is -1.28. The maximum atomic E-state index is 6.29. The highest BCUT2D eigenvalue weighted by molar-refractivity contribution is 5.83. The van der Waals surface area contributed by atoms with Crippen LogP contribution in [0.2, 0.25) is 0 Å². The molecule has 0 radical (unpaired) electrons. The van der Waals surface area contributed by atoms with Gasteiger partial charge in [-0.2, -0.15) is 0 Å². The molecule has 96 valence electrons. The Morgan fingerprint density at radius 3 is 2.47 bits per heavy atom. The van der Waals surface area contributed by atoms with Crippen LogP contribution in [0.4, 0.5) is 5.82 Å². The molecule has 3 rings (SSSR count). The number of nitrogens with one attached hydrogen (secondary N) is 1. The van der Waals surface area contributed by atoms with Crippen molar-refractivity contribution in [2.45, 2.75) is 5.79 Å². The molecule has 2 aromatic heterocycles. The van der Waals surface area contributed by atoms with Gasteiger partial charge < -0.3 is 5.73 Å². The number of hydrazine groups is 1. The van der Waals surface area contributed by atoms with Gasteiger partial charge in [0.25, 0.3) is 5.79 Å². The molecule has 0 amide bonds. The lowest BCUT2D eigenvalue weighted by molar-refractivity contribution is 0.431. The first-order chi connectivity index (χ1) is 9.20. The fourth-order valence-corrected chi connectivity index (χ4v) is 1.79. The van der Waals surface area contributed by atoms with Crippen LogP contribution >= 0.6 is 0 Å². The van der Waals surface area contributed by atoms with Crippen molar-refractivity contribution < 1.29 is 0 Å². The Bertz CT molecular complexity index is 599. The van der Waals surface area contributed by atoms with Gasteiger partial charge in [-0.15, -0.1) is 0 Å². The molecule has 0 saturated heterocycles. The lowest BCUT2D eigenvalue weighted by atomic mass is 10.2. The molecule has 19 heavy (non-hydrogen) atoms. The van der Waals surface area contributed by atoms with Gasteiger partial charge in [0.05, 0.1) is 0 Å². The van der Waals surface area contributed by atoms with Gasteiger partial charge in [0, 0.05) is 18.5 Å². The summed E-state index contributed by atoms with van der Waals surface area (Å²) in [5, 5.41) is 1.52. The summed E-state index contributed by atoms with van der Waals surface area (Å²) in [6, 6.07) is 3.35. The highest BCUT2D eigenvalue weighted by Crippen LogP contribution is 2.28. The SMILES string of the molecule is NC1=NC(N)(c2ccncn2)N(c2ccncn2)N1. The van der Waals surface area contributed by atoms with E-state index >= 15 is 0 Å². The number of hydrogen-bond acceptors (Lipinski definition) is 9. The summed E-state index contributed by atoms with van der Waals surface area (Å²) in [7, 11) is 0. The maximum absolute atomic E-state index is 6.29. The molecule has 2 aromatic rings. The Labute approximate surface area is 108 Å². The maximum Gasteiger partial charge on any atom is 0.251 e. The molecule has 0 fully saturated rings. The zero-order valence-corrected chi connectivity index (χ0v) is 9.80. The van der Waals surface area contributed by atoms with Crippen molar-refractivity contribution in [2.75, 3.05) is 5.01 Å². The predicted octanol–water partition coefficient (Wildman–Crippen LogP) is -1.32. The Kier molecular flexibility index (Phi) is 2.46. The van der Waals surface area contributed by atoms with Gasteiger partial charge in [-0.1, -0.05) is 0 Å². The van der Waals surface area contributed by atoms with Crippen LogP contribution < -0.4 is 21.9 Å². The molecule has 1 atom stereocenters. The first-order valence-electron chi connectivity index (χ1n) is 5.44. The number of anilines is 1. The topological polar surface area (TPSA) is 131 Å². The molecule has 0 saturated carbocycles. The Morgan fingerprint density at radius 1 is 1.11 bits per heavy atom. The summed E-state index contributed by atoms with van der Waals surface area (Å²) in [6.45, 7) is 0. The number of rotatable bonds is 2. The minimum absolute atomic E-state index is 0.180. The fraction of sp³-hybridized carbons (Fsp3) is 0.100. The minimum Gasteiger partial charge on any atom is -0.368 e. The number of aliphatic imine (C=N–C) groups is 1. The molecular weight excluding hydrogens is 246 g/mol. The van der Waals surface area contributed by atoms with Crippen molar-refractivity contribution in [3.8, 4) is 0 Å². The molecule has 0 aromatic carbocycles. The molecule has 1 unspecified atom stereocenters. The highest BCUT2D eigenvalue weighted by atomic mass is 15.7. The zero-order chi connectivity index (χ0) is 13.3. The van der Waals surface area contributed by atoms with E-state index in [2.05, 4.69) is 30.4 Å². The zero-order valence-electron chi connectivity index (χ0n) is 9.80. The van der Waals surface area contributed by atoms with E-state index in [1.165, 1.54) is 17.7 Å². The summed E-state index contributed by atoms with van der Waals surface area (Å²) >= 11 is 0. The van der Waals surface area contributed by atoms with E-state index in [1.54, 1.807) is 24.5 Å². The van der Waals surface area contributed by atoms with Crippen molar-refractivity contribution in [2.24, 2.45) is 16.5 Å². The Hall–Kier alpha value is -2.81. The summed E-state index contributed by atoms with van der Waals surface area (Å²) in [4.78, 5) is 20.1. The van der Waals surface area contributed by atoms with E-state index in [-0.39, 0.29) is 5.96 Å². The number of aromatic nitrogens is 4. The van der Waals surface area contributed by atoms with Crippen LogP contribution in [-0.2, 0) is 5.79 Å². The van der Waals surface area contributed by atoms with E-state index in [0.717, 1.165) is 0 Å². The molecule has 0 aliphatic carbocycles. The summed E-state index contributed by atoms with van der Waals surface area (Å²) in [5.41, 5.74) is 15.3. The third-order valence-corrected chi connectivity index (χ3v) is 2.61. The summed E-state index contributed by atoms with van der Waals surface area (Å²) in [6.07, 6.45) is 5.98. The smallest absolute Gasteiger partial charge is 0.251 e. The molecule has 1 aliphatic heterocycles. The normalized spacial score (nSPS) is 21.9. The van der Waals surface area contributed by atoms with Gasteiger partial charge in [0.1, 0.15) is 18.3 Å². The van der Waals surface area contributed by atoms with Crippen molar-refractivity contribution in [3.63, 3.8) is 0 Å². The van der Waals surface area contributed by atoms with Gasteiger partial charge in [0.2, 0.25) is 5.96 Å². The summed E-state index contributed by atoms with van der Waals surface area (Å²) in [5.74, 6) is -0.568. The molecule has 3 heterocycles. The Morgan fingerprint density at radius 2 is 1.84 bits per heavy atom. The van der Waals surface area contributed by atoms with Crippen LogP contribution in [0.15, 0.2) is 42.2 Å². The van der Waals surface area contributed by atoms with E-state index in [4.69, 9.17) is 11.5 Å². The third kappa shape index (κ3) is 1.81. The van der Waals surface area contributed by atoms with Gasteiger partial charge in [-0.05, 0) is 6.07 Å². The van der Waals surface area contributed by atoms with Crippen LogP contribution in [0.25, 0.3) is 0 Å². The van der Waals surface area contributed by atoms with Crippen molar-refractivity contribution in [1.29, 1.82) is 0 Å². The second-order valence-electron chi connectivity index (χ2n) is 3.83. The summed E-state index contributed by atoms with van der Waals surface area (Å²) < 4.78 is 0. The van der Waals surface area contributed by atoms with Gasteiger partial charge in [-0.25, -0.2) is 29.9 Å². The van der Waals surface area contributed by atoms with Gasteiger partial charge >= 0.3 is 0 Å². The molecule has 1 aliphatic rings. The number of guanidine groups is 1. The van der Waals surface area contributed by atoms with Crippen LogP contribution in [0, 0.1) is 0 Å². The molecule has 9 nitrogen and oxygen atoms in total. The number of nitrogens with two attached hydrogens (primary N) is 2. The number of hydrogen-bond donors (Lipinski definition) is 3. The molecular formula is C10H11N9. The van der Waals surface area contributed by atoms with Crippen LogP contribution in [0.1, 0.15) is 5.69 Å². The van der Waals surface area contributed by atoms with E-state index < -0.39 is 5.79 Å². The molecule has 5 N–H and O–H groups in total. The van der Waals surface area contributed by atoms with E-state index in [9.17, 15) is 0 Å².